The molecule has 0 fully saturated rings. The molecule has 0 saturated heterocycles. The lowest BCUT2D eigenvalue weighted by atomic mass is 10.1. The van der Waals surface area contributed by atoms with Crippen LogP contribution in [0.15, 0.2) is 30.7 Å². The number of halogens is 2. The van der Waals surface area contributed by atoms with Crippen molar-refractivity contribution in [1.29, 1.82) is 0 Å². The Balaban J connectivity index is 2.35. The molecule has 0 saturated carbocycles. The largest absolute Gasteiger partial charge is 0.335 e. The first-order chi connectivity index (χ1) is 8.66. The fraction of sp³-hybridized carbons (Fsp3) is 0.0833. The normalized spacial score (nSPS) is 11.1. The average molecular weight is 263 g/mol. The highest BCUT2D eigenvalue weighted by Crippen LogP contribution is 2.29. The van der Waals surface area contributed by atoms with Crippen molar-refractivity contribution in [1.82, 2.24) is 19.5 Å². The zero-order valence-electron chi connectivity index (χ0n) is 9.43. The molecule has 90 valence electrons. The van der Waals surface area contributed by atoms with E-state index in [1.165, 1.54) is 0 Å². The third kappa shape index (κ3) is 1.64. The SMILES string of the molecule is Cn1cc(-c2nc(Cl)ncc2F)c2cccnc21. The number of aromatic nitrogens is 4. The first-order valence-corrected chi connectivity index (χ1v) is 5.63. The van der Waals surface area contributed by atoms with E-state index in [1.807, 2.05) is 17.7 Å². The smallest absolute Gasteiger partial charge is 0.223 e. The van der Waals surface area contributed by atoms with Crippen LogP contribution in [0.2, 0.25) is 5.28 Å². The lowest BCUT2D eigenvalue weighted by Gasteiger charge is -2.00. The summed E-state index contributed by atoms with van der Waals surface area (Å²) in [7, 11) is 1.85. The van der Waals surface area contributed by atoms with Gasteiger partial charge in [0.15, 0.2) is 5.82 Å². The fourth-order valence-electron chi connectivity index (χ4n) is 1.94. The molecule has 0 spiro atoms. The van der Waals surface area contributed by atoms with Crippen LogP contribution in [0.5, 0.6) is 0 Å². The Labute approximate surface area is 107 Å². The average Bonchev–Trinajstić information content (AvgIpc) is 2.71. The minimum atomic E-state index is -0.504. The number of nitrogens with zero attached hydrogens (tertiary/aromatic N) is 4. The molecule has 6 heteroatoms. The van der Waals surface area contributed by atoms with Gasteiger partial charge in [-0.05, 0) is 23.7 Å². The summed E-state index contributed by atoms with van der Waals surface area (Å²) in [6.45, 7) is 0. The van der Waals surface area contributed by atoms with Gasteiger partial charge in [-0.2, -0.15) is 0 Å². The summed E-state index contributed by atoms with van der Waals surface area (Å²) in [6, 6.07) is 3.67. The first-order valence-electron chi connectivity index (χ1n) is 5.25. The number of hydrogen-bond donors (Lipinski definition) is 0. The quantitative estimate of drug-likeness (QED) is 0.634. The molecule has 3 rings (SSSR count). The predicted octanol–water partition coefficient (Wildman–Crippen LogP) is 2.82. The van der Waals surface area contributed by atoms with Crippen LogP contribution in [0.4, 0.5) is 4.39 Å². The molecular weight excluding hydrogens is 255 g/mol. The van der Waals surface area contributed by atoms with E-state index in [2.05, 4.69) is 15.0 Å². The van der Waals surface area contributed by atoms with Crippen molar-refractivity contribution < 1.29 is 4.39 Å². The summed E-state index contributed by atoms with van der Waals surface area (Å²) in [4.78, 5) is 11.8. The maximum Gasteiger partial charge on any atom is 0.223 e. The van der Waals surface area contributed by atoms with Gasteiger partial charge in [-0.25, -0.2) is 19.3 Å². The standard InChI is InChI=1S/C12H8ClFN4/c1-18-6-8(7-3-2-4-15-11(7)18)10-9(14)5-16-12(13)17-10/h2-6H,1H3. The summed E-state index contributed by atoms with van der Waals surface area (Å²) in [5.41, 5.74) is 1.61. The molecule has 0 N–H and O–H groups in total. The van der Waals surface area contributed by atoms with E-state index in [1.54, 1.807) is 18.5 Å². The molecule has 0 aliphatic carbocycles. The van der Waals surface area contributed by atoms with Crippen LogP contribution in [-0.2, 0) is 7.05 Å². The Morgan fingerprint density at radius 3 is 3.00 bits per heavy atom. The number of rotatable bonds is 1. The van der Waals surface area contributed by atoms with Crippen LogP contribution < -0.4 is 0 Å². The highest BCUT2D eigenvalue weighted by atomic mass is 35.5. The second-order valence-electron chi connectivity index (χ2n) is 3.86. The molecule has 0 aliphatic heterocycles. The molecule has 18 heavy (non-hydrogen) atoms. The summed E-state index contributed by atoms with van der Waals surface area (Å²) in [5.74, 6) is -0.504. The van der Waals surface area contributed by atoms with Crippen molar-refractivity contribution >= 4 is 22.6 Å². The lowest BCUT2D eigenvalue weighted by molar-refractivity contribution is 0.618. The molecule has 3 aromatic rings. The predicted molar refractivity (Wildman–Crippen MR) is 66.7 cm³/mol. The summed E-state index contributed by atoms with van der Waals surface area (Å²) < 4.78 is 15.6. The molecule has 0 aliphatic rings. The van der Waals surface area contributed by atoms with Crippen molar-refractivity contribution in [3.05, 3.63) is 41.8 Å². The number of fused-ring (bicyclic) bond motifs is 1. The van der Waals surface area contributed by atoms with Gasteiger partial charge in [0.2, 0.25) is 5.28 Å². The summed E-state index contributed by atoms with van der Waals surface area (Å²) in [5, 5.41) is 0.848. The van der Waals surface area contributed by atoms with Crippen LogP contribution in [0, 0.1) is 5.82 Å². The molecule has 0 bridgehead atoms. The molecule has 0 atom stereocenters. The third-order valence-corrected chi connectivity index (χ3v) is 2.89. The van der Waals surface area contributed by atoms with Crippen molar-refractivity contribution in [2.75, 3.05) is 0 Å². The summed E-state index contributed by atoms with van der Waals surface area (Å²) in [6.07, 6.45) is 4.54. The van der Waals surface area contributed by atoms with E-state index in [0.29, 0.717) is 5.56 Å². The van der Waals surface area contributed by atoms with Gasteiger partial charge >= 0.3 is 0 Å². The molecular formula is C12H8ClFN4. The molecule has 0 aromatic carbocycles. The molecule has 3 aromatic heterocycles. The Kier molecular flexibility index (Phi) is 2.48. The lowest BCUT2D eigenvalue weighted by Crippen LogP contribution is -1.91. The zero-order chi connectivity index (χ0) is 12.7. The Bertz CT molecular complexity index is 738. The van der Waals surface area contributed by atoms with Gasteiger partial charge in [-0.1, -0.05) is 0 Å². The van der Waals surface area contributed by atoms with Crippen molar-refractivity contribution in [2.24, 2.45) is 7.05 Å². The van der Waals surface area contributed by atoms with Gasteiger partial charge in [-0.3, -0.25) is 0 Å². The fourth-order valence-corrected chi connectivity index (χ4v) is 2.07. The molecule has 0 amide bonds. The maximum atomic E-state index is 13.8. The second kappa shape index (κ2) is 4.03. The second-order valence-corrected chi connectivity index (χ2v) is 4.20. The molecule has 0 radical (unpaired) electrons. The molecule has 4 nitrogen and oxygen atoms in total. The van der Waals surface area contributed by atoms with Crippen LogP contribution in [0.3, 0.4) is 0 Å². The minimum Gasteiger partial charge on any atom is -0.335 e. The monoisotopic (exact) mass is 262 g/mol. The van der Waals surface area contributed by atoms with Gasteiger partial charge in [-0.15, -0.1) is 0 Å². The Morgan fingerprint density at radius 1 is 1.33 bits per heavy atom. The van der Waals surface area contributed by atoms with Crippen molar-refractivity contribution in [3.8, 4) is 11.3 Å². The van der Waals surface area contributed by atoms with E-state index in [-0.39, 0.29) is 11.0 Å². The minimum absolute atomic E-state index is 0.0206. The van der Waals surface area contributed by atoms with Crippen molar-refractivity contribution in [3.63, 3.8) is 0 Å². The Hall–Kier alpha value is -2.01. The van der Waals surface area contributed by atoms with Gasteiger partial charge in [0.05, 0.1) is 6.20 Å². The van der Waals surface area contributed by atoms with Crippen LogP contribution >= 0.6 is 11.6 Å². The number of aryl methyl sites for hydroxylation is 1. The van der Waals surface area contributed by atoms with Gasteiger partial charge in [0.1, 0.15) is 11.3 Å². The van der Waals surface area contributed by atoms with E-state index >= 15 is 0 Å². The van der Waals surface area contributed by atoms with Gasteiger partial charge < -0.3 is 4.57 Å². The van der Waals surface area contributed by atoms with Crippen LogP contribution in [0.1, 0.15) is 0 Å². The highest BCUT2D eigenvalue weighted by molar-refractivity contribution is 6.28. The highest BCUT2D eigenvalue weighted by Gasteiger charge is 2.15. The molecule has 3 heterocycles. The summed E-state index contributed by atoms with van der Waals surface area (Å²) >= 11 is 5.71. The van der Waals surface area contributed by atoms with E-state index < -0.39 is 5.82 Å². The van der Waals surface area contributed by atoms with E-state index in [4.69, 9.17) is 11.6 Å². The van der Waals surface area contributed by atoms with E-state index in [9.17, 15) is 4.39 Å². The number of pyridine rings is 1. The zero-order valence-corrected chi connectivity index (χ0v) is 10.2. The van der Waals surface area contributed by atoms with E-state index in [0.717, 1.165) is 17.2 Å². The maximum absolute atomic E-state index is 13.8. The van der Waals surface area contributed by atoms with Gasteiger partial charge in [0.25, 0.3) is 0 Å². The van der Waals surface area contributed by atoms with Crippen LogP contribution in [0.25, 0.3) is 22.3 Å². The number of hydrogen-bond acceptors (Lipinski definition) is 3. The van der Waals surface area contributed by atoms with Gasteiger partial charge in [0, 0.05) is 30.4 Å². The molecule has 0 unspecified atom stereocenters. The third-order valence-electron chi connectivity index (χ3n) is 2.70. The topological polar surface area (TPSA) is 43.6 Å². The van der Waals surface area contributed by atoms with Crippen LogP contribution in [-0.4, -0.2) is 19.5 Å². The first kappa shape index (κ1) is 11.1. The van der Waals surface area contributed by atoms with Crippen molar-refractivity contribution in [2.45, 2.75) is 0 Å². The Morgan fingerprint density at radius 2 is 2.17 bits per heavy atom.